The minimum Gasteiger partial charge on any atom is -0.481 e. The van der Waals surface area contributed by atoms with Gasteiger partial charge in [-0.05, 0) is 44.4 Å². The third kappa shape index (κ3) is 4.49. The van der Waals surface area contributed by atoms with Crippen LogP contribution in [0, 0.1) is 11.2 Å². The Morgan fingerprint density at radius 1 is 1.30 bits per heavy atom. The fourth-order valence-corrected chi connectivity index (χ4v) is 2.37. The SMILES string of the molecule is CC(C)(CCNC(=O)C1CC(c2ccc(F)cc2)NN1)C(=O)O. The smallest absolute Gasteiger partial charge is 0.309 e. The largest absolute Gasteiger partial charge is 0.481 e. The highest BCUT2D eigenvalue weighted by Gasteiger charge is 2.31. The Morgan fingerprint density at radius 2 is 1.96 bits per heavy atom. The second kappa shape index (κ2) is 7.06. The summed E-state index contributed by atoms with van der Waals surface area (Å²) in [6.45, 7) is 3.56. The van der Waals surface area contributed by atoms with Crippen molar-refractivity contribution >= 4 is 11.9 Å². The van der Waals surface area contributed by atoms with Crippen LogP contribution in [0.3, 0.4) is 0 Å². The van der Waals surface area contributed by atoms with Crippen molar-refractivity contribution in [1.29, 1.82) is 0 Å². The molecule has 6 nitrogen and oxygen atoms in total. The van der Waals surface area contributed by atoms with Crippen LogP contribution < -0.4 is 16.2 Å². The molecular weight excluding hydrogens is 301 g/mol. The molecule has 0 radical (unpaired) electrons. The molecule has 126 valence electrons. The number of carbonyl (C=O) groups excluding carboxylic acids is 1. The number of amides is 1. The summed E-state index contributed by atoms with van der Waals surface area (Å²) in [6.07, 6.45) is 0.898. The molecule has 1 fully saturated rings. The molecule has 2 atom stereocenters. The number of halogens is 1. The molecule has 1 aliphatic heterocycles. The lowest BCUT2D eigenvalue weighted by Gasteiger charge is -2.19. The molecule has 1 aromatic carbocycles. The van der Waals surface area contributed by atoms with Gasteiger partial charge >= 0.3 is 5.97 Å². The quantitative estimate of drug-likeness (QED) is 0.634. The fourth-order valence-electron chi connectivity index (χ4n) is 2.37. The van der Waals surface area contributed by atoms with Gasteiger partial charge in [0, 0.05) is 12.6 Å². The van der Waals surface area contributed by atoms with E-state index < -0.39 is 17.4 Å². The predicted molar refractivity (Wildman–Crippen MR) is 82.9 cm³/mol. The van der Waals surface area contributed by atoms with Gasteiger partial charge in [0.1, 0.15) is 11.9 Å². The Morgan fingerprint density at radius 3 is 2.57 bits per heavy atom. The fraction of sp³-hybridized carbons (Fsp3) is 0.500. The second-order valence-corrected chi connectivity index (χ2v) is 6.41. The topological polar surface area (TPSA) is 90.5 Å². The van der Waals surface area contributed by atoms with E-state index in [9.17, 15) is 14.0 Å². The Kier molecular flexibility index (Phi) is 5.33. The van der Waals surface area contributed by atoms with E-state index in [0.717, 1.165) is 5.56 Å². The van der Waals surface area contributed by atoms with E-state index in [1.807, 2.05) is 0 Å². The summed E-state index contributed by atoms with van der Waals surface area (Å²) in [5, 5.41) is 11.8. The van der Waals surface area contributed by atoms with Crippen molar-refractivity contribution in [2.75, 3.05) is 6.54 Å². The molecule has 4 N–H and O–H groups in total. The van der Waals surface area contributed by atoms with Crippen LogP contribution in [0.2, 0.25) is 0 Å². The number of carboxylic acid groups (broad SMARTS) is 1. The average Bonchev–Trinajstić information content (AvgIpc) is 2.97. The Balaban J connectivity index is 1.81. The molecule has 2 rings (SSSR count). The van der Waals surface area contributed by atoms with E-state index in [0.29, 0.717) is 19.4 Å². The van der Waals surface area contributed by atoms with Gasteiger partial charge in [0.25, 0.3) is 0 Å². The van der Waals surface area contributed by atoms with Crippen LogP contribution in [0.1, 0.15) is 38.3 Å². The summed E-state index contributed by atoms with van der Waals surface area (Å²) in [5.41, 5.74) is 5.97. The maximum Gasteiger partial charge on any atom is 0.309 e. The molecule has 23 heavy (non-hydrogen) atoms. The van der Waals surface area contributed by atoms with Crippen molar-refractivity contribution in [2.45, 2.75) is 38.8 Å². The van der Waals surface area contributed by atoms with Gasteiger partial charge in [-0.15, -0.1) is 0 Å². The van der Waals surface area contributed by atoms with Gasteiger partial charge in [-0.2, -0.15) is 0 Å². The molecule has 1 amide bonds. The van der Waals surface area contributed by atoms with E-state index in [-0.39, 0.29) is 17.8 Å². The van der Waals surface area contributed by atoms with Crippen molar-refractivity contribution in [3.05, 3.63) is 35.6 Å². The number of rotatable bonds is 6. The number of hydrogen-bond acceptors (Lipinski definition) is 4. The number of hydrogen-bond donors (Lipinski definition) is 4. The molecule has 1 aliphatic rings. The number of hydrazine groups is 1. The minimum absolute atomic E-state index is 0.0678. The molecule has 1 aromatic rings. The summed E-state index contributed by atoms with van der Waals surface area (Å²) in [7, 11) is 0. The molecule has 0 spiro atoms. The standard InChI is InChI=1S/C16H22FN3O3/c1-16(2,15(22)23)7-8-18-14(21)13-9-12(19-20-13)10-3-5-11(17)6-4-10/h3-6,12-13,19-20H,7-9H2,1-2H3,(H,18,21)(H,22,23). The number of nitrogens with one attached hydrogen (secondary N) is 3. The number of carbonyl (C=O) groups is 2. The third-order valence-corrected chi connectivity index (χ3v) is 4.12. The Bertz CT molecular complexity index is 574. The van der Waals surface area contributed by atoms with Crippen molar-refractivity contribution in [2.24, 2.45) is 5.41 Å². The van der Waals surface area contributed by atoms with Crippen molar-refractivity contribution in [3.63, 3.8) is 0 Å². The van der Waals surface area contributed by atoms with Crippen LogP contribution in [-0.4, -0.2) is 29.6 Å². The molecule has 2 unspecified atom stereocenters. The van der Waals surface area contributed by atoms with Gasteiger partial charge in [0.05, 0.1) is 5.41 Å². The first-order valence-electron chi connectivity index (χ1n) is 7.57. The molecule has 0 aliphatic carbocycles. The lowest BCUT2D eigenvalue weighted by molar-refractivity contribution is -0.147. The molecule has 1 heterocycles. The molecular formula is C16H22FN3O3. The van der Waals surface area contributed by atoms with E-state index in [1.54, 1.807) is 26.0 Å². The predicted octanol–water partition coefficient (Wildman–Crippen LogP) is 1.35. The highest BCUT2D eigenvalue weighted by molar-refractivity contribution is 5.82. The lowest BCUT2D eigenvalue weighted by atomic mass is 9.89. The van der Waals surface area contributed by atoms with Crippen LogP contribution >= 0.6 is 0 Å². The Hall–Kier alpha value is -1.99. The number of carboxylic acids is 1. The molecule has 0 aromatic heterocycles. The van der Waals surface area contributed by atoms with Crippen LogP contribution in [0.4, 0.5) is 4.39 Å². The van der Waals surface area contributed by atoms with Gasteiger partial charge in [0.2, 0.25) is 5.91 Å². The zero-order valence-corrected chi connectivity index (χ0v) is 13.2. The second-order valence-electron chi connectivity index (χ2n) is 6.41. The van der Waals surface area contributed by atoms with Crippen LogP contribution in [0.25, 0.3) is 0 Å². The van der Waals surface area contributed by atoms with E-state index in [1.165, 1.54) is 12.1 Å². The first-order chi connectivity index (χ1) is 10.8. The monoisotopic (exact) mass is 323 g/mol. The number of benzene rings is 1. The summed E-state index contributed by atoms with van der Waals surface area (Å²) >= 11 is 0. The summed E-state index contributed by atoms with van der Waals surface area (Å²) in [6, 6.07) is 5.67. The van der Waals surface area contributed by atoms with E-state index in [4.69, 9.17) is 5.11 Å². The highest BCUT2D eigenvalue weighted by atomic mass is 19.1. The Labute approximate surface area is 134 Å². The van der Waals surface area contributed by atoms with Crippen LogP contribution in [-0.2, 0) is 9.59 Å². The summed E-state index contributed by atoms with van der Waals surface area (Å²) in [5.74, 6) is -1.36. The third-order valence-electron chi connectivity index (χ3n) is 4.12. The van der Waals surface area contributed by atoms with Crippen LogP contribution in [0.5, 0.6) is 0 Å². The minimum atomic E-state index is -0.885. The zero-order chi connectivity index (χ0) is 17.0. The van der Waals surface area contributed by atoms with Crippen molar-refractivity contribution in [1.82, 2.24) is 16.2 Å². The molecule has 0 bridgehead atoms. The first-order valence-corrected chi connectivity index (χ1v) is 7.57. The van der Waals surface area contributed by atoms with Gasteiger partial charge < -0.3 is 10.4 Å². The van der Waals surface area contributed by atoms with Gasteiger partial charge in [-0.25, -0.2) is 15.2 Å². The lowest BCUT2D eigenvalue weighted by Crippen LogP contribution is -2.44. The maximum absolute atomic E-state index is 12.9. The van der Waals surface area contributed by atoms with E-state index >= 15 is 0 Å². The highest BCUT2D eigenvalue weighted by Crippen LogP contribution is 2.23. The van der Waals surface area contributed by atoms with Crippen LogP contribution in [0.15, 0.2) is 24.3 Å². The zero-order valence-electron chi connectivity index (χ0n) is 13.2. The van der Waals surface area contributed by atoms with Crippen molar-refractivity contribution in [3.8, 4) is 0 Å². The maximum atomic E-state index is 12.9. The first kappa shape index (κ1) is 17.4. The van der Waals surface area contributed by atoms with Gasteiger partial charge in [-0.1, -0.05) is 12.1 Å². The molecule has 7 heteroatoms. The van der Waals surface area contributed by atoms with E-state index in [2.05, 4.69) is 16.2 Å². The van der Waals surface area contributed by atoms with Gasteiger partial charge in [-0.3, -0.25) is 9.59 Å². The normalized spacial score (nSPS) is 21.2. The number of aliphatic carboxylic acids is 1. The summed E-state index contributed by atoms with van der Waals surface area (Å²) in [4.78, 5) is 23.1. The molecule has 1 saturated heterocycles. The average molecular weight is 323 g/mol. The summed E-state index contributed by atoms with van der Waals surface area (Å²) < 4.78 is 12.9. The molecule has 0 saturated carbocycles. The van der Waals surface area contributed by atoms with Gasteiger partial charge in [0.15, 0.2) is 0 Å². The van der Waals surface area contributed by atoms with Crippen molar-refractivity contribution < 1.29 is 19.1 Å².